The van der Waals surface area contributed by atoms with Crippen LogP contribution in [0.2, 0.25) is 0 Å². The summed E-state index contributed by atoms with van der Waals surface area (Å²) in [7, 11) is 0. The number of carbonyl (C=O) groups excluding carboxylic acids is 1. The van der Waals surface area contributed by atoms with Gasteiger partial charge in [0.2, 0.25) is 0 Å². The average Bonchev–Trinajstić information content (AvgIpc) is 3.34. The minimum Gasteiger partial charge on any atom is -0.481 e. The summed E-state index contributed by atoms with van der Waals surface area (Å²) in [6.45, 7) is 1.78. The summed E-state index contributed by atoms with van der Waals surface area (Å²) in [4.78, 5) is 13.2. The molecule has 0 bridgehead atoms. The minimum absolute atomic E-state index is 0.0889. The van der Waals surface area contributed by atoms with Gasteiger partial charge in [-0.15, -0.1) is 11.3 Å². The second-order valence-electron chi connectivity index (χ2n) is 5.64. The normalized spacial score (nSPS) is 14.5. The zero-order valence-corrected chi connectivity index (χ0v) is 15.3. The molecule has 3 rings (SSSR count). The molecule has 4 nitrogen and oxygen atoms in total. The highest BCUT2D eigenvalue weighted by atomic mass is 32.1. The van der Waals surface area contributed by atoms with Gasteiger partial charge in [-0.05, 0) is 47.3 Å². The molecule has 0 saturated heterocycles. The molecule has 2 aromatic heterocycles. The maximum atomic E-state index is 12.4. The average molecular weight is 373 g/mol. The summed E-state index contributed by atoms with van der Waals surface area (Å²) in [5.74, 6) is 0.366. The van der Waals surface area contributed by atoms with Gasteiger partial charge in [-0.25, -0.2) is 0 Å². The van der Waals surface area contributed by atoms with E-state index in [1.165, 1.54) is 22.7 Å². The smallest absolute Gasteiger partial charge is 0.260 e. The minimum atomic E-state index is -1.24. The van der Waals surface area contributed by atoms with Crippen LogP contribution in [-0.2, 0) is 10.4 Å². The van der Waals surface area contributed by atoms with E-state index >= 15 is 0 Å². The molecule has 25 heavy (non-hydrogen) atoms. The van der Waals surface area contributed by atoms with Gasteiger partial charge in [0, 0.05) is 10.4 Å². The molecular formula is C19H19NO3S2. The number of rotatable bonds is 7. The van der Waals surface area contributed by atoms with Crippen molar-refractivity contribution < 1.29 is 14.6 Å². The number of nitrogens with one attached hydrogen (secondary N) is 1. The predicted molar refractivity (Wildman–Crippen MR) is 101 cm³/mol. The van der Waals surface area contributed by atoms with Crippen LogP contribution in [0, 0.1) is 0 Å². The van der Waals surface area contributed by atoms with Gasteiger partial charge < -0.3 is 15.2 Å². The Balaban J connectivity index is 1.68. The van der Waals surface area contributed by atoms with Gasteiger partial charge in [0.25, 0.3) is 5.91 Å². The second kappa shape index (κ2) is 7.82. The van der Waals surface area contributed by atoms with Crippen LogP contribution < -0.4 is 10.1 Å². The van der Waals surface area contributed by atoms with E-state index in [0.29, 0.717) is 5.75 Å². The molecule has 0 fully saturated rings. The van der Waals surface area contributed by atoms with E-state index in [-0.39, 0.29) is 12.5 Å². The summed E-state index contributed by atoms with van der Waals surface area (Å²) < 4.78 is 5.63. The molecule has 0 aliphatic rings. The van der Waals surface area contributed by atoms with Gasteiger partial charge in [-0.1, -0.05) is 24.3 Å². The Morgan fingerprint density at radius 3 is 2.64 bits per heavy atom. The van der Waals surface area contributed by atoms with Crippen molar-refractivity contribution in [1.82, 2.24) is 5.32 Å². The van der Waals surface area contributed by atoms with Crippen LogP contribution in [0.1, 0.15) is 17.4 Å². The SMILES string of the molecule is C[C@H](Oc1ccccc1)C(=O)NC[C@](O)(c1ccsc1)c1cccs1. The van der Waals surface area contributed by atoms with Crippen molar-refractivity contribution in [3.8, 4) is 5.75 Å². The number of thiophene rings is 2. The standard InChI is InChI=1S/C19H19NO3S2/c1-14(23-16-6-3-2-4-7-16)18(21)20-13-19(22,15-9-11-24-12-15)17-8-5-10-25-17/h2-12,14,22H,13H2,1H3,(H,20,21)/t14-,19-/m0/s1. The maximum Gasteiger partial charge on any atom is 0.260 e. The fourth-order valence-electron chi connectivity index (χ4n) is 2.46. The predicted octanol–water partition coefficient (Wildman–Crippen LogP) is 3.63. The first kappa shape index (κ1) is 17.7. The van der Waals surface area contributed by atoms with E-state index in [9.17, 15) is 9.90 Å². The van der Waals surface area contributed by atoms with E-state index in [4.69, 9.17) is 4.74 Å². The Morgan fingerprint density at radius 1 is 1.20 bits per heavy atom. The molecule has 0 radical (unpaired) electrons. The summed E-state index contributed by atoms with van der Waals surface area (Å²) >= 11 is 2.98. The quantitative estimate of drug-likeness (QED) is 0.665. The summed E-state index contributed by atoms with van der Waals surface area (Å²) in [5.41, 5.74) is -0.465. The Hall–Kier alpha value is -2.15. The molecule has 1 aromatic carbocycles. The first-order chi connectivity index (χ1) is 12.1. The first-order valence-corrected chi connectivity index (χ1v) is 9.70. The van der Waals surface area contributed by atoms with Crippen LogP contribution in [0.3, 0.4) is 0 Å². The summed E-state index contributed by atoms with van der Waals surface area (Å²) in [6, 6.07) is 14.8. The second-order valence-corrected chi connectivity index (χ2v) is 7.37. The molecule has 0 saturated carbocycles. The lowest BCUT2D eigenvalue weighted by Gasteiger charge is -2.27. The first-order valence-electron chi connectivity index (χ1n) is 7.88. The van der Waals surface area contributed by atoms with Crippen LogP contribution in [0.5, 0.6) is 5.75 Å². The number of hydrogen-bond donors (Lipinski definition) is 2. The highest BCUT2D eigenvalue weighted by Gasteiger charge is 2.34. The van der Waals surface area contributed by atoms with Crippen LogP contribution in [0.4, 0.5) is 0 Å². The van der Waals surface area contributed by atoms with Crippen molar-refractivity contribution in [2.75, 3.05) is 6.54 Å². The van der Waals surface area contributed by atoms with Gasteiger partial charge in [0.15, 0.2) is 6.10 Å². The third kappa shape index (κ3) is 4.10. The number of benzene rings is 1. The zero-order valence-electron chi connectivity index (χ0n) is 13.7. The molecule has 2 heterocycles. The molecule has 2 N–H and O–H groups in total. The third-order valence-corrected chi connectivity index (χ3v) is 5.58. The monoisotopic (exact) mass is 373 g/mol. The molecule has 0 spiro atoms. The lowest BCUT2D eigenvalue weighted by Crippen LogP contribution is -2.45. The van der Waals surface area contributed by atoms with Crippen LogP contribution in [0.25, 0.3) is 0 Å². The van der Waals surface area contributed by atoms with Crippen molar-refractivity contribution >= 4 is 28.6 Å². The molecule has 130 valence electrons. The lowest BCUT2D eigenvalue weighted by molar-refractivity contribution is -0.128. The Labute approximate surface area is 154 Å². The van der Waals surface area contributed by atoms with Crippen molar-refractivity contribution in [1.29, 1.82) is 0 Å². The number of ether oxygens (including phenoxy) is 1. The molecule has 6 heteroatoms. The Morgan fingerprint density at radius 2 is 2.00 bits per heavy atom. The van der Waals surface area contributed by atoms with E-state index in [1.54, 1.807) is 19.1 Å². The van der Waals surface area contributed by atoms with Crippen LogP contribution in [0.15, 0.2) is 64.7 Å². The Bertz CT molecular complexity index is 751. The van der Waals surface area contributed by atoms with E-state index in [1.807, 2.05) is 52.5 Å². The molecule has 3 aromatic rings. The van der Waals surface area contributed by atoms with Crippen molar-refractivity contribution in [2.45, 2.75) is 18.6 Å². The molecule has 0 aliphatic carbocycles. The van der Waals surface area contributed by atoms with E-state index in [2.05, 4.69) is 5.32 Å². The topological polar surface area (TPSA) is 58.6 Å². The number of aliphatic hydroxyl groups is 1. The number of hydrogen-bond acceptors (Lipinski definition) is 5. The zero-order chi connectivity index (χ0) is 17.7. The van der Waals surface area contributed by atoms with Gasteiger partial charge in [-0.2, -0.15) is 11.3 Å². The third-order valence-electron chi connectivity index (χ3n) is 3.87. The molecular weight excluding hydrogens is 354 g/mol. The van der Waals surface area contributed by atoms with Gasteiger partial charge in [0.1, 0.15) is 11.4 Å². The summed E-state index contributed by atoms with van der Waals surface area (Å²) in [5, 5.41) is 19.8. The lowest BCUT2D eigenvalue weighted by atomic mass is 9.94. The fraction of sp³-hybridized carbons (Fsp3) is 0.211. The van der Waals surface area contributed by atoms with E-state index in [0.717, 1.165) is 10.4 Å². The van der Waals surface area contributed by atoms with Gasteiger partial charge >= 0.3 is 0 Å². The van der Waals surface area contributed by atoms with Crippen LogP contribution in [-0.4, -0.2) is 23.7 Å². The Kier molecular flexibility index (Phi) is 5.53. The van der Waals surface area contributed by atoms with Crippen molar-refractivity contribution in [2.24, 2.45) is 0 Å². The van der Waals surface area contributed by atoms with E-state index < -0.39 is 11.7 Å². The molecule has 2 atom stereocenters. The van der Waals surface area contributed by atoms with Gasteiger partial charge in [0.05, 0.1) is 6.54 Å². The number of amides is 1. The number of carbonyl (C=O) groups is 1. The van der Waals surface area contributed by atoms with Crippen molar-refractivity contribution in [3.63, 3.8) is 0 Å². The highest BCUT2D eigenvalue weighted by Crippen LogP contribution is 2.33. The van der Waals surface area contributed by atoms with Crippen molar-refractivity contribution in [3.05, 3.63) is 75.1 Å². The maximum absolute atomic E-state index is 12.4. The fourth-order valence-corrected chi connectivity index (χ4v) is 4.03. The van der Waals surface area contributed by atoms with Crippen LogP contribution >= 0.6 is 22.7 Å². The molecule has 1 amide bonds. The summed E-state index contributed by atoms with van der Waals surface area (Å²) in [6.07, 6.45) is -0.655. The largest absolute Gasteiger partial charge is 0.481 e. The molecule has 0 unspecified atom stereocenters. The molecule has 0 aliphatic heterocycles. The number of para-hydroxylation sites is 1. The highest BCUT2D eigenvalue weighted by molar-refractivity contribution is 7.10. The van der Waals surface area contributed by atoms with Gasteiger partial charge in [-0.3, -0.25) is 4.79 Å².